The maximum absolute atomic E-state index is 16.4. The highest BCUT2D eigenvalue weighted by molar-refractivity contribution is 7.24. The van der Waals surface area contributed by atoms with Crippen molar-refractivity contribution in [1.82, 2.24) is 24.2 Å². The van der Waals surface area contributed by atoms with Gasteiger partial charge in [0.15, 0.2) is 11.6 Å². The molecule has 0 radical (unpaired) electrons. The Morgan fingerprint density at radius 2 is 0.576 bits per heavy atom. The molecule has 4 unspecified atom stereocenters. The summed E-state index contributed by atoms with van der Waals surface area (Å²) in [5.74, 6) is -0.285. The molecule has 0 fully saturated rings. The van der Waals surface area contributed by atoms with Gasteiger partial charge in [-0.3, -0.25) is 28.8 Å². The van der Waals surface area contributed by atoms with E-state index in [4.69, 9.17) is 0 Å². The Morgan fingerprint density at radius 3 is 0.889 bits per heavy atom. The van der Waals surface area contributed by atoms with Crippen LogP contribution in [0, 0.1) is 69.0 Å². The lowest BCUT2D eigenvalue weighted by Gasteiger charge is -2.29. The van der Waals surface area contributed by atoms with E-state index in [-0.39, 0.29) is 76.1 Å². The Labute approximate surface area is 874 Å². The number of rotatable bonds is 49. The molecule has 0 saturated carbocycles. The average molecular weight is 2020 g/mol. The van der Waals surface area contributed by atoms with E-state index < -0.39 is 0 Å². The highest BCUT2D eigenvalue weighted by Gasteiger charge is 2.53. The van der Waals surface area contributed by atoms with Gasteiger partial charge in [0.2, 0.25) is 0 Å². The summed E-state index contributed by atoms with van der Waals surface area (Å²) >= 11 is 9.46. The van der Waals surface area contributed by atoms with Gasteiger partial charge in [-0.1, -0.05) is 296 Å². The van der Waals surface area contributed by atoms with Crippen molar-refractivity contribution in [2.75, 3.05) is 26.2 Å². The van der Waals surface area contributed by atoms with Crippen molar-refractivity contribution >= 4 is 171 Å². The van der Waals surface area contributed by atoms with Crippen LogP contribution >= 0.6 is 68.0 Å². The number of Topliss-reactive ketones (excluding diaryl/α,β-unsaturated/α-hetero) is 2. The number of ketones is 2. The maximum Gasteiger partial charge on any atom is 0.261 e. The number of nitriles is 4. The zero-order valence-corrected chi connectivity index (χ0v) is 89.9. The molecule has 740 valence electrons. The summed E-state index contributed by atoms with van der Waals surface area (Å²) in [6.45, 7) is 24.2. The Kier molecular flexibility index (Phi) is 34.1. The van der Waals surface area contributed by atoms with Gasteiger partial charge in [-0.05, 0) is 182 Å². The Hall–Kier alpha value is -12.0. The second-order valence-electron chi connectivity index (χ2n) is 39.7. The lowest BCUT2D eigenvalue weighted by molar-refractivity contribution is -0.124. The van der Waals surface area contributed by atoms with E-state index in [9.17, 15) is 30.6 Å². The molecule has 17 rings (SSSR count). The molecule has 0 spiro atoms. The van der Waals surface area contributed by atoms with Gasteiger partial charge < -0.3 is 24.2 Å². The molecule has 4 amide bonds. The zero-order valence-electron chi connectivity index (χ0n) is 85.0. The minimum atomic E-state index is -0.236. The van der Waals surface area contributed by atoms with Crippen LogP contribution in [0.5, 0.6) is 0 Å². The van der Waals surface area contributed by atoms with Crippen LogP contribution in [0.15, 0.2) is 202 Å². The molecular formula is C123H131N9O6S6. The lowest BCUT2D eigenvalue weighted by Crippen LogP contribution is -2.34. The largest absolute Gasteiger partial charge is 0.337 e. The van der Waals surface area contributed by atoms with Crippen LogP contribution in [0.2, 0.25) is 0 Å². The molecule has 15 nitrogen and oxygen atoms in total. The van der Waals surface area contributed by atoms with Crippen LogP contribution < -0.4 is 0 Å². The summed E-state index contributed by atoms with van der Waals surface area (Å²) in [6.07, 6.45) is 35.4. The molecular weight excluding hydrogens is 1890 g/mol. The first-order valence-electron chi connectivity index (χ1n) is 53.1. The van der Waals surface area contributed by atoms with Crippen molar-refractivity contribution in [3.63, 3.8) is 0 Å². The third-order valence-corrected chi connectivity index (χ3v) is 37.3. The quantitative estimate of drug-likeness (QED) is 0.0200. The number of thiophene rings is 6. The number of carbonyl (C=O) groups excluding carboxylic acids is 6. The van der Waals surface area contributed by atoms with Crippen LogP contribution in [0.1, 0.15) is 329 Å². The first-order chi connectivity index (χ1) is 70.3. The van der Waals surface area contributed by atoms with Crippen LogP contribution in [-0.2, 0) is 19.2 Å². The van der Waals surface area contributed by atoms with Gasteiger partial charge in [0.05, 0.1) is 75.6 Å². The smallest absolute Gasteiger partial charge is 0.261 e. The fourth-order valence-corrected chi connectivity index (χ4v) is 28.6. The molecule has 21 heteroatoms. The molecule has 6 aliphatic rings. The monoisotopic (exact) mass is 2020 g/mol. The third-order valence-electron chi connectivity index (χ3n) is 30.3. The van der Waals surface area contributed by atoms with Gasteiger partial charge in [0.25, 0.3) is 23.6 Å². The van der Waals surface area contributed by atoms with E-state index in [1.807, 2.05) is 80.3 Å². The molecule has 2 aliphatic carbocycles. The summed E-state index contributed by atoms with van der Waals surface area (Å²) in [5.41, 5.74) is 12.2. The summed E-state index contributed by atoms with van der Waals surface area (Å²) in [7, 11) is 0. The number of hydrogen-bond acceptors (Lipinski definition) is 16. The number of amides is 4. The predicted octanol–water partition coefficient (Wildman–Crippen LogP) is 33.5. The number of unbranched alkanes of at least 4 members (excludes halogenated alkanes) is 14. The van der Waals surface area contributed by atoms with E-state index in [0.717, 1.165) is 198 Å². The van der Waals surface area contributed by atoms with Crippen molar-refractivity contribution < 1.29 is 28.8 Å². The van der Waals surface area contributed by atoms with E-state index in [0.29, 0.717) is 116 Å². The van der Waals surface area contributed by atoms with E-state index >= 15 is 19.2 Å². The Bertz CT molecular complexity index is 6760. The summed E-state index contributed by atoms with van der Waals surface area (Å²) in [6, 6.07) is 61.7. The first-order valence-corrected chi connectivity index (χ1v) is 58.0. The molecule has 11 heterocycles. The van der Waals surface area contributed by atoms with Crippen molar-refractivity contribution in [3.8, 4) is 64.7 Å². The average Bonchev–Trinajstić information content (AvgIpc) is 1.55. The molecule has 4 aliphatic heterocycles. The minimum Gasteiger partial charge on any atom is -0.337 e. The molecule has 4 atom stereocenters. The highest BCUT2D eigenvalue weighted by Crippen LogP contribution is 2.56. The number of fused-ring (bicyclic) bond motifs is 7. The SMILES string of the molecule is CCCCCCCCC(CCCCCCCC)n1c2cc(-c3ccc(C4=C5C(=O)N(CC(CC)CCCC)C(c6ccc(-c7ccc(/C=C8\C(=O)c9ccccc9C8=C(C#N)C#N)s7)s6)=C5C(=O)N4CC(CC)CCCC)s3)ccc2c2ccc(-c3ccc(C4=C5C(=O)N(CC(CC)CCCC)C(c6ccc(-c7ccc(/C=C8\C(=O)c9ccccc9C8=C(C#N)C#N)s7)s6)=C5C(=O)N4CC(CC)CCCC)s3)cc21. The number of benzene rings is 4. The molecule has 7 aromatic heterocycles. The van der Waals surface area contributed by atoms with Crippen molar-refractivity contribution in [1.29, 1.82) is 21.0 Å². The molecule has 4 aromatic carbocycles. The number of aromatic nitrogens is 1. The number of hydrogen-bond donors (Lipinski definition) is 0. The molecule has 0 saturated heterocycles. The van der Waals surface area contributed by atoms with Gasteiger partial charge in [-0.2, -0.15) is 21.0 Å². The third kappa shape index (κ3) is 20.9. The number of nitrogens with zero attached hydrogens (tertiary/aromatic N) is 9. The Balaban J connectivity index is 0.772. The molecule has 0 N–H and O–H groups in total. The van der Waals surface area contributed by atoms with Gasteiger partial charge >= 0.3 is 0 Å². The lowest BCUT2D eigenvalue weighted by atomic mass is 9.98. The van der Waals surface area contributed by atoms with Crippen LogP contribution in [0.3, 0.4) is 0 Å². The van der Waals surface area contributed by atoms with Gasteiger partial charge in [0, 0.05) is 115 Å². The van der Waals surface area contributed by atoms with E-state index in [2.05, 4.69) is 159 Å². The van der Waals surface area contributed by atoms with Crippen molar-refractivity contribution in [3.05, 3.63) is 254 Å². The van der Waals surface area contributed by atoms with Gasteiger partial charge in [-0.15, -0.1) is 68.0 Å². The molecule has 0 bridgehead atoms. The summed E-state index contributed by atoms with van der Waals surface area (Å²) < 4.78 is 2.72. The van der Waals surface area contributed by atoms with Crippen LogP contribution in [-0.4, -0.2) is 85.5 Å². The first kappa shape index (κ1) is 103. The van der Waals surface area contributed by atoms with Gasteiger partial charge in [-0.25, -0.2) is 0 Å². The molecule has 11 aromatic rings. The van der Waals surface area contributed by atoms with E-state index in [1.165, 1.54) is 109 Å². The zero-order chi connectivity index (χ0) is 101. The fraction of sp³-hybridized carbons (Fsp3) is 0.398. The van der Waals surface area contributed by atoms with Crippen LogP contribution in [0.4, 0.5) is 0 Å². The Morgan fingerprint density at radius 1 is 0.299 bits per heavy atom. The second-order valence-corrected chi connectivity index (χ2v) is 46.3. The van der Waals surface area contributed by atoms with E-state index in [1.54, 1.807) is 93.9 Å². The summed E-state index contributed by atoms with van der Waals surface area (Å²) in [4.78, 5) is 112. The van der Waals surface area contributed by atoms with Gasteiger partial charge in [0.1, 0.15) is 35.4 Å². The second kappa shape index (κ2) is 47.4. The molecule has 144 heavy (non-hydrogen) atoms. The normalized spacial score (nSPS) is 16.1. The highest BCUT2D eigenvalue weighted by atomic mass is 32.1. The number of carbonyl (C=O) groups is 6. The van der Waals surface area contributed by atoms with Crippen molar-refractivity contribution in [2.24, 2.45) is 23.7 Å². The maximum atomic E-state index is 16.4. The topological polar surface area (TPSA) is 215 Å². The number of allylic oxidation sites excluding steroid dienone is 6. The fourth-order valence-electron chi connectivity index (χ4n) is 22.2. The standard InChI is InChI=1S/C123H131N9O6S6/c1-11-21-27-29-31-33-43-85(44-34-32-30-28-22-12-2)132-96-65-81(98-57-61-104(141-98)114-110-112(122(137)128(114)73-77(17-7)39-23-13-3)116(130(120(110)135)75-79(19-9)41-25-15-5)106-63-59-102(143-106)100-55-51-86(139-100)67-94-108(83(69-124)70-125)90-45-35-37-47-92(90)118(94)133)49-53-88(96)89-54-50-82(66-97(89)132)99-58-62-105(142-99)115-111-113(123(138)129(115)74-78(18-8)40-24-14-4)117(131(121(111)136)76-80(20-10)42-26-16-6)107-64-60-103(144-107)101-56-52-87(140-101)68-95-109(84(71-126)72-127)91-46-36-38-48-93(91)119(95)134/h35-38,45-68,77-80,85H,11-34,39-44,73-76H2,1-10H3/b94-67-,95-68-. The summed E-state index contributed by atoms with van der Waals surface area (Å²) in [5, 5.41) is 42.9. The van der Waals surface area contributed by atoms with Crippen molar-refractivity contribution in [2.45, 2.75) is 268 Å². The predicted molar refractivity (Wildman–Crippen MR) is 598 cm³/mol. The van der Waals surface area contributed by atoms with Crippen LogP contribution in [0.25, 0.3) is 108 Å². The minimum absolute atomic E-state index is 0.115.